The van der Waals surface area contributed by atoms with Crippen molar-refractivity contribution in [2.24, 2.45) is 0 Å². The number of nitrogens with zero attached hydrogens (tertiary/aromatic N) is 1. The van der Waals surface area contributed by atoms with Crippen molar-refractivity contribution < 1.29 is 23.4 Å². The number of amides is 1. The highest BCUT2D eigenvalue weighted by molar-refractivity contribution is 5.92. The maximum atomic E-state index is 12.0. The van der Waals surface area contributed by atoms with Crippen LogP contribution >= 0.6 is 0 Å². The van der Waals surface area contributed by atoms with E-state index in [0.29, 0.717) is 18.8 Å². The molecule has 0 saturated heterocycles. The molecule has 2 N–H and O–H groups in total. The Kier molecular flexibility index (Phi) is 5.73. The molecule has 0 spiro atoms. The molecule has 1 amide bonds. The molecule has 0 aliphatic rings. The van der Waals surface area contributed by atoms with E-state index in [1.54, 1.807) is 30.0 Å². The van der Waals surface area contributed by atoms with Gasteiger partial charge in [0.05, 0.1) is 6.61 Å². The summed E-state index contributed by atoms with van der Waals surface area (Å²) in [7, 11) is 1.54. The van der Waals surface area contributed by atoms with Crippen molar-refractivity contribution in [2.45, 2.75) is 19.1 Å². The number of aliphatic hydroxyl groups is 1. The van der Waals surface area contributed by atoms with Gasteiger partial charge in [-0.1, -0.05) is 0 Å². The zero-order valence-corrected chi connectivity index (χ0v) is 9.97. The summed E-state index contributed by atoms with van der Waals surface area (Å²) in [4.78, 5) is 11.7. The summed E-state index contributed by atoms with van der Waals surface area (Å²) in [5.74, 6) is -0.504. The average Bonchev–Trinajstić information content (AvgIpc) is 2.81. The van der Waals surface area contributed by atoms with Gasteiger partial charge in [0, 0.05) is 26.4 Å². The van der Waals surface area contributed by atoms with Crippen LogP contribution in [0.2, 0.25) is 0 Å². The lowest BCUT2D eigenvalue weighted by Crippen LogP contribution is -2.36. The molecule has 18 heavy (non-hydrogen) atoms. The predicted octanol–water partition coefficient (Wildman–Crippen LogP) is 0.490. The zero-order valence-electron chi connectivity index (χ0n) is 9.97. The normalized spacial score (nSPS) is 12.7. The van der Waals surface area contributed by atoms with Crippen LogP contribution in [-0.4, -0.2) is 48.4 Å². The molecular formula is C11H16F2N2O3. The largest absolute Gasteiger partial charge is 0.385 e. The number of hydrogen-bond donors (Lipinski definition) is 2. The molecule has 1 aromatic heterocycles. The Hall–Kier alpha value is -1.47. The third-order valence-electron chi connectivity index (χ3n) is 2.36. The number of carbonyl (C=O) groups excluding carboxylic acids is 1. The van der Waals surface area contributed by atoms with Gasteiger partial charge in [0.25, 0.3) is 12.3 Å². The summed E-state index contributed by atoms with van der Waals surface area (Å²) in [5, 5.41) is 11.1. The molecule has 0 fully saturated rings. The molecule has 1 aromatic rings. The maximum absolute atomic E-state index is 12.0. The van der Waals surface area contributed by atoms with Crippen molar-refractivity contribution in [3.05, 3.63) is 24.0 Å². The number of halogens is 2. The van der Waals surface area contributed by atoms with E-state index in [0.717, 1.165) is 0 Å². The van der Waals surface area contributed by atoms with Crippen LogP contribution in [0.1, 0.15) is 10.5 Å². The second-order valence-corrected chi connectivity index (χ2v) is 3.69. The molecule has 102 valence electrons. The summed E-state index contributed by atoms with van der Waals surface area (Å²) in [5.41, 5.74) is 0.341. The molecule has 7 heteroatoms. The van der Waals surface area contributed by atoms with Crippen LogP contribution in [0.3, 0.4) is 0 Å². The highest BCUT2D eigenvalue weighted by Gasteiger charge is 2.18. The second kappa shape index (κ2) is 7.07. The van der Waals surface area contributed by atoms with Crippen molar-refractivity contribution in [2.75, 3.05) is 20.3 Å². The number of alkyl halides is 2. The molecule has 1 atom stereocenters. The van der Waals surface area contributed by atoms with Gasteiger partial charge in [-0.2, -0.15) is 0 Å². The molecule has 0 radical (unpaired) electrons. The Bertz CT molecular complexity index is 382. The summed E-state index contributed by atoms with van der Waals surface area (Å²) in [6, 6.07) is 3.24. The SMILES string of the molecule is COCCn1cccc1C(=O)NCC(O)C(F)F. The van der Waals surface area contributed by atoms with Gasteiger partial charge in [-0.05, 0) is 12.1 Å². The lowest BCUT2D eigenvalue weighted by Gasteiger charge is -2.12. The Labute approximate surface area is 103 Å². The Morgan fingerprint density at radius 1 is 1.61 bits per heavy atom. The minimum absolute atomic E-state index is 0.341. The predicted molar refractivity (Wildman–Crippen MR) is 60.7 cm³/mol. The van der Waals surface area contributed by atoms with E-state index in [1.807, 2.05) is 0 Å². The van der Waals surface area contributed by atoms with Crippen LogP contribution < -0.4 is 5.32 Å². The monoisotopic (exact) mass is 262 g/mol. The molecule has 0 aromatic carbocycles. The number of rotatable bonds is 7. The van der Waals surface area contributed by atoms with Crippen LogP contribution in [0.15, 0.2) is 18.3 Å². The molecule has 1 heterocycles. The van der Waals surface area contributed by atoms with Crippen molar-refractivity contribution >= 4 is 5.91 Å². The summed E-state index contributed by atoms with van der Waals surface area (Å²) >= 11 is 0. The Morgan fingerprint density at radius 2 is 2.33 bits per heavy atom. The minimum Gasteiger partial charge on any atom is -0.385 e. The van der Waals surface area contributed by atoms with Gasteiger partial charge in [-0.3, -0.25) is 4.79 Å². The van der Waals surface area contributed by atoms with Crippen molar-refractivity contribution in [3.8, 4) is 0 Å². The lowest BCUT2D eigenvalue weighted by atomic mass is 10.3. The number of nitrogens with one attached hydrogen (secondary N) is 1. The summed E-state index contributed by atoms with van der Waals surface area (Å²) < 4.78 is 30.6. The molecule has 1 unspecified atom stereocenters. The van der Waals surface area contributed by atoms with Gasteiger partial charge < -0.3 is 19.7 Å². The van der Waals surface area contributed by atoms with Crippen LogP contribution in [0.5, 0.6) is 0 Å². The quantitative estimate of drug-likeness (QED) is 0.751. The fourth-order valence-electron chi connectivity index (χ4n) is 1.38. The topological polar surface area (TPSA) is 63.5 Å². The van der Waals surface area contributed by atoms with E-state index in [-0.39, 0.29) is 0 Å². The summed E-state index contributed by atoms with van der Waals surface area (Å²) in [6.07, 6.45) is -3.03. The number of hydrogen-bond acceptors (Lipinski definition) is 3. The van der Waals surface area contributed by atoms with Crippen molar-refractivity contribution in [1.29, 1.82) is 0 Å². The standard InChI is InChI=1S/C11H16F2N2O3/c1-18-6-5-15-4-2-3-8(15)11(17)14-7-9(16)10(12)13/h2-4,9-10,16H,5-7H2,1H3,(H,14,17). The number of methoxy groups -OCH3 is 1. The smallest absolute Gasteiger partial charge is 0.267 e. The molecule has 0 bridgehead atoms. The van der Waals surface area contributed by atoms with E-state index in [4.69, 9.17) is 9.84 Å². The number of carbonyl (C=O) groups is 1. The van der Waals surface area contributed by atoms with E-state index in [1.165, 1.54) is 0 Å². The third-order valence-corrected chi connectivity index (χ3v) is 2.36. The molecule has 0 aliphatic heterocycles. The molecular weight excluding hydrogens is 246 g/mol. The van der Waals surface area contributed by atoms with Crippen LogP contribution in [0.25, 0.3) is 0 Å². The van der Waals surface area contributed by atoms with E-state index in [9.17, 15) is 13.6 Å². The fraction of sp³-hybridized carbons (Fsp3) is 0.545. The highest BCUT2D eigenvalue weighted by Crippen LogP contribution is 2.03. The van der Waals surface area contributed by atoms with E-state index < -0.39 is 25.0 Å². The van der Waals surface area contributed by atoms with Gasteiger partial charge in [-0.25, -0.2) is 8.78 Å². The van der Waals surface area contributed by atoms with Crippen molar-refractivity contribution in [1.82, 2.24) is 9.88 Å². The van der Waals surface area contributed by atoms with Gasteiger partial charge in [-0.15, -0.1) is 0 Å². The fourth-order valence-corrected chi connectivity index (χ4v) is 1.38. The van der Waals surface area contributed by atoms with Gasteiger partial charge >= 0.3 is 0 Å². The van der Waals surface area contributed by atoms with Gasteiger partial charge in [0.2, 0.25) is 0 Å². The number of ether oxygens (including phenoxy) is 1. The Morgan fingerprint density at radius 3 is 2.94 bits per heavy atom. The highest BCUT2D eigenvalue weighted by atomic mass is 19.3. The first-order valence-electron chi connectivity index (χ1n) is 5.44. The third kappa shape index (κ3) is 4.08. The van der Waals surface area contributed by atoms with E-state index in [2.05, 4.69) is 5.32 Å². The first kappa shape index (κ1) is 14.6. The van der Waals surface area contributed by atoms with Crippen LogP contribution in [-0.2, 0) is 11.3 Å². The summed E-state index contributed by atoms with van der Waals surface area (Å²) in [6.45, 7) is 0.449. The van der Waals surface area contributed by atoms with Gasteiger partial charge in [0.1, 0.15) is 11.8 Å². The molecule has 5 nitrogen and oxygen atoms in total. The number of aliphatic hydroxyl groups excluding tert-OH is 1. The maximum Gasteiger partial charge on any atom is 0.267 e. The first-order valence-corrected chi connectivity index (χ1v) is 5.44. The number of aromatic nitrogens is 1. The zero-order chi connectivity index (χ0) is 13.5. The molecule has 0 aliphatic carbocycles. The molecule has 1 rings (SSSR count). The molecule has 0 saturated carbocycles. The lowest BCUT2D eigenvalue weighted by molar-refractivity contribution is -0.00275. The average molecular weight is 262 g/mol. The second-order valence-electron chi connectivity index (χ2n) is 3.69. The van der Waals surface area contributed by atoms with Gasteiger partial charge in [0.15, 0.2) is 0 Å². The van der Waals surface area contributed by atoms with Crippen LogP contribution in [0, 0.1) is 0 Å². The van der Waals surface area contributed by atoms with Crippen LogP contribution in [0.4, 0.5) is 8.78 Å². The van der Waals surface area contributed by atoms with E-state index >= 15 is 0 Å². The minimum atomic E-state index is -2.87. The first-order chi connectivity index (χ1) is 8.56. The Balaban J connectivity index is 2.53. The van der Waals surface area contributed by atoms with Crippen molar-refractivity contribution in [3.63, 3.8) is 0 Å².